The Morgan fingerprint density at radius 3 is 2.22 bits per heavy atom. The van der Waals surface area contributed by atoms with Gasteiger partial charge in [0.25, 0.3) is 11.8 Å². The van der Waals surface area contributed by atoms with Crippen LogP contribution in [-0.2, 0) is 0 Å². The van der Waals surface area contributed by atoms with E-state index in [0.29, 0.717) is 11.4 Å². The molecule has 0 radical (unpaired) electrons. The van der Waals surface area contributed by atoms with Gasteiger partial charge >= 0.3 is 0 Å². The molecule has 0 aliphatic carbocycles. The van der Waals surface area contributed by atoms with Crippen LogP contribution in [0.2, 0.25) is 0 Å². The maximum Gasteiger partial charge on any atom is 0.291 e. The lowest BCUT2D eigenvalue weighted by atomic mass is 10.2. The van der Waals surface area contributed by atoms with Gasteiger partial charge in [-0.25, -0.2) is 4.39 Å². The molecule has 0 spiro atoms. The summed E-state index contributed by atoms with van der Waals surface area (Å²) in [5.74, 6) is -1.18. The molecule has 8 heteroatoms. The lowest BCUT2D eigenvalue weighted by molar-refractivity contribution is 0.0974. The predicted molar refractivity (Wildman–Crippen MR) is 103 cm³/mol. The van der Waals surface area contributed by atoms with Crippen LogP contribution in [0.1, 0.15) is 20.9 Å². The van der Waals surface area contributed by atoms with E-state index < -0.39 is 11.7 Å². The second-order valence-electron chi connectivity index (χ2n) is 5.43. The highest BCUT2D eigenvalue weighted by Gasteiger charge is 2.10. The molecule has 0 unspecified atom stereocenters. The highest BCUT2D eigenvalue weighted by molar-refractivity contribution is 7.80. The number of carbonyl (C=O) groups excluding carboxylic acids is 2. The first kappa shape index (κ1) is 18.3. The van der Waals surface area contributed by atoms with Crippen molar-refractivity contribution in [2.45, 2.75) is 0 Å². The minimum Gasteiger partial charge on any atom is -0.459 e. The maximum atomic E-state index is 13.2. The average Bonchev–Trinajstić information content (AvgIpc) is 3.18. The van der Waals surface area contributed by atoms with Crippen molar-refractivity contribution in [1.29, 1.82) is 0 Å². The third-order valence-corrected chi connectivity index (χ3v) is 3.66. The van der Waals surface area contributed by atoms with Crippen LogP contribution in [0.4, 0.5) is 15.8 Å². The first-order chi connectivity index (χ1) is 13.0. The van der Waals surface area contributed by atoms with Crippen molar-refractivity contribution in [3.8, 4) is 0 Å². The first-order valence-electron chi connectivity index (χ1n) is 7.84. The van der Waals surface area contributed by atoms with E-state index in [0.717, 1.165) is 6.07 Å². The minimum absolute atomic E-state index is 0.0663. The van der Waals surface area contributed by atoms with Crippen molar-refractivity contribution < 1.29 is 18.4 Å². The van der Waals surface area contributed by atoms with E-state index >= 15 is 0 Å². The van der Waals surface area contributed by atoms with E-state index in [-0.39, 0.29) is 22.3 Å². The van der Waals surface area contributed by atoms with Crippen LogP contribution in [0.3, 0.4) is 0 Å². The number of amides is 2. The molecule has 27 heavy (non-hydrogen) atoms. The zero-order valence-electron chi connectivity index (χ0n) is 13.9. The molecule has 2 aromatic carbocycles. The Morgan fingerprint density at radius 1 is 0.889 bits per heavy atom. The Bertz CT molecular complexity index is 972. The molecular weight excluding hydrogens is 369 g/mol. The Hall–Kier alpha value is -3.52. The molecule has 0 aliphatic rings. The summed E-state index contributed by atoms with van der Waals surface area (Å²) in [5, 5.41) is 8.06. The summed E-state index contributed by atoms with van der Waals surface area (Å²) in [6.07, 6.45) is 1.42. The number of halogens is 1. The monoisotopic (exact) mass is 383 g/mol. The van der Waals surface area contributed by atoms with Crippen LogP contribution in [0.5, 0.6) is 0 Å². The average molecular weight is 383 g/mol. The van der Waals surface area contributed by atoms with Gasteiger partial charge in [0.05, 0.1) is 6.26 Å². The largest absolute Gasteiger partial charge is 0.459 e. The number of hydrogen-bond acceptors (Lipinski definition) is 4. The number of nitrogens with one attached hydrogen (secondary N) is 3. The second-order valence-corrected chi connectivity index (χ2v) is 5.84. The van der Waals surface area contributed by atoms with Crippen molar-refractivity contribution >= 4 is 40.5 Å². The molecule has 0 saturated carbocycles. The van der Waals surface area contributed by atoms with Crippen LogP contribution in [0.25, 0.3) is 0 Å². The lowest BCUT2D eigenvalue weighted by Gasteiger charge is -2.10. The van der Waals surface area contributed by atoms with E-state index in [4.69, 9.17) is 16.6 Å². The van der Waals surface area contributed by atoms with Crippen LogP contribution in [-0.4, -0.2) is 16.9 Å². The van der Waals surface area contributed by atoms with Crippen molar-refractivity contribution in [1.82, 2.24) is 5.32 Å². The summed E-state index contributed by atoms with van der Waals surface area (Å²) >= 11 is 5.08. The van der Waals surface area contributed by atoms with E-state index in [1.54, 1.807) is 36.4 Å². The van der Waals surface area contributed by atoms with Gasteiger partial charge in [-0.2, -0.15) is 0 Å². The zero-order chi connectivity index (χ0) is 19.2. The number of benzene rings is 2. The van der Waals surface area contributed by atoms with Crippen molar-refractivity contribution in [2.75, 3.05) is 10.6 Å². The molecule has 0 atom stereocenters. The van der Waals surface area contributed by atoms with Gasteiger partial charge in [0, 0.05) is 16.9 Å². The van der Waals surface area contributed by atoms with E-state index in [1.807, 2.05) is 0 Å². The molecule has 0 fully saturated rings. The molecule has 3 N–H and O–H groups in total. The second kappa shape index (κ2) is 8.24. The molecule has 0 saturated heterocycles. The number of thiocarbonyl (C=S) groups is 1. The van der Waals surface area contributed by atoms with Crippen LogP contribution in [0.15, 0.2) is 71.3 Å². The molecular formula is C19H14FN3O3S. The fraction of sp³-hybridized carbons (Fsp3) is 0. The Kier molecular flexibility index (Phi) is 5.58. The van der Waals surface area contributed by atoms with Crippen molar-refractivity contribution in [3.05, 3.63) is 84.1 Å². The van der Waals surface area contributed by atoms with Gasteiger partial charge in [-0.05, 0) is 66.8 Å². The molecule has 3 rings (SSSR count). The van der Waals surface area contributed by atoms with Crippen LogP contribution < -0.4 is 16.0 Å². The third-order valence-electron chi connectivity index (χ3n) is 3.46. The highest BCUT2D eigenvalue weighted by Crippen LogP contribution is 2.15. The van der Waals surface area contributed by atoms with Gasteiger partial charge in [-0.3, -0.25) is 14.9 Å². The summed E-state index contributed by atoms with van der Waals surface area (Å²) in [4.78, 5) is 23.9. The number of furan rings is 1. The summed E-state index contributed by atoms with van der Waals surface area (Å²) in [6.45, 7) is 0. The number of carbonyl (C=O) groups is 2. The van der Waals surface area contributed by atoms with E-state index in [1.165, 1.54) is 24.5 Å². The topological polar surface area (TPSA) is 83.4 Å². The molecule has 0 aliphatic heterocycles. The number of rotatable bonds is 4. The molecule has 2 amide bonds. The van der Waals surface area contributed by atoms with Gasteiger partial charge in [-0.15, -0.1) is 0 Å². The Balaban J connectivity index is 1.55. The SMILES string of the molecule is O=C(NC(=S)Nc1ccc(NC(=O)c2ccco2)cc1)c1cccc(F)c1. The Morgan fingerprint density at radius 2 is 1.59 bits per heavy atom. The van der Waals surface area contributed by atoms with Crippen molar-refractivity contribution in [2.24, 2.45) is 0 Å². The van der Waals surface area contributed by atoms with Crippen LogP contribution in [0, 0.1) is 5.82 Å². The summed E-state index contributed by atoms with van der Waals surface area (Å²) in [5.41, 5.74) is 1.34. The standard InChI is InChI=1S/C19H14FN3O3S/c20-13-4-1-3-12(11-13)17(24)23-19(27)22-15-8-6-14(7-9-15)21-18(25)16-5-2-10-26-16/h1-11H,(H,21,25)(H2,22,23,24,27). The zero-order valence-corrected chi connectivity index (χ0v) is 14.7. The maximum absolute atomic E-state index is 13.2. The van der Waals surface area contributed by atoms with Gasteiger partial charge in [0.1, 0.15) is 5.82 Å². The third kappa shape index (κ3) is 4.99. The Labute approximate surface area is 159 Å². The highest BCUT2D eigenvalue weighted by atomic mass is 32.1. The summed E-state index contributed by atoms with van der Waals surface area (Å²) < 4.78 is 18.2. The normalized spacial score (nSPS) is 10.1. The summed E-state index contributed by atoms with van der Waals surface area (Å²) in [7, 11) is 0. The molecule has 136 valence electrons. The fourth-order valence-electron chi connectivity index (χ4n) is 2.20. The van der Waals surface area contributed by atoms with Gasteiger partial charge < -0.3 is 15.1 Å². The fourth-order valence-corrected chi connectivity index (χ4v) is 2.42. The number of anilines is 2. The van der Waals surface area contributed by atoms with Crippen LogP contribution >= 0.6 is 12.2 Å². The quantitative estimate of drug-likeness (QED) is 0.597. The molecule has 3 aromatic rings. The number of hydrogen-bond donors (Lipinski definition) is 3. The molecule has 6 nitrogen and oxygen atoms in total. The molecule has 1 heterocycles. The lowest BCUT2D eigenvalue weighted by Crippen LogP contribution is -2.34. The minimum atomic E-state index is -0.519. The van der Waals surface area contributed by atoms with Gasteiger partial charge in [-0.1, -0.05) is 6.07 Å². The van der Waals surface area contributed by atoms with Gasteiger partial charge in [0.2, 0.25) is 0 Å². The summed E-state index contributed by atoms with van der Waals surface area (Å²) in [6, 6.07) is 15.2. The van der Waals surface area contributed by atoms with Gasteiger partial charge in [0.15, 0.2) is 10.9 Å². The van der Waals surface area contributed by atoms with E-state index in [2.05, 4.69) is 16.0 Å². The predicted octanol–water partition coefficient (Wildman–Crippen LogP) is 3.80. The van der Waals surface area contributed by atoms with E-state index in [9.17, 15) is 14.0 Å². The smallest absolute Gasteiger partial charge is 0.291 e. The molecule has 1 aromatic heterocycles. The first-order valence-corrected chi connectivity index (χ1v) is 8.25. The molecule has 0 bridgehead atoms. The van der Waals surface area contributed by atoms with Crippen molar-refractivity contribution in [3.63, 3.8) is 0 Å².